The summed E-state index contributed by atoms with van der Waals surface area (Å²) in [7, 11) is 1.68. The molecule has 96 valence electrons. The highest BCUT2D eigenvalue weighted by atomic mass is 79.9. The molecule has 17 heavy (non-hydrogen) atoms. The van der Waals surface area contributed by atoms with Crippen LogP contribution in [0.3, 0.4) is 0 Å². The quantitative estimate of drug-likeness (QED) is 0.776. The molecule has 2 unspecified atom stereocenters. The van der Waals surface area contributed by atoms with Crippen molar-refractivity contribution in [3.05, 3.63) is 33.8 Å². The lowest BCUT2D eigenvalue weighted by Crippen LogP contribution is -2.24. The number of halogens is 3. The number of rotatable bonds is 5. The number of hydrogen-bond donors (Lipinski definition) is 3. The van der Waals surface area contributed by atoms with Crippen molar-refractivity contribution in [1.29, 1.82) is 0 Å². The predicted molar refractivity (Wildman–Crippen MR) is 63.6 cm³/mol. The number of benzene rings is 1. The summed E-state index contributed by atoms with van der Waals surface area (Å²) in [5, 5.41) is 22.1. The van der Waals surface area contributed by atoms with Gasteiger partial charge in [-0.15, -0.1) is 0 Å². The minimum Gasteiger partial charge on any atom is -0.390 e. The van der Waals surface area contributed by atoms with Gasteiger partial charge in [-0.1, -0.05) is 15.9 Å². The first-order chi connectivity index (χ1) is 7.97. The van der Waals surface area contributed by atoms with E-state index in [1.807, 2.05) is 0 Å². The van der Waals surface area contributed by atoms with Crippen LogP contribution in [0.1, 0.15) is 18.1 Å². The van der Waals surface area contributed by atoms with Gasteiger partial charge in [0.2, 0.25) is 0 Å². The summed E-state index contributed by atoms with van der Waals surface area (Å²) in [5.74, 6) is -1.76. The Labute approximate surface area is 107 Å². The topological polar surface area (TPSA) is 52.5 Å². The Morgan fingerprint density at radius 1 is 1.29 bits per heavy atom. The van der Waals surface area contributed by atoms with Crippen molar-refractivity contribution >= 4 is 15.9 Å². The Balaban J connectivity index is 2.91. The van der Waals surface area contributed by atoms with Crippen molar-refractivity contribution in [2.24, 2.45) is 0 Å². The minimum absolute atomic E-state index is 0.201. The van der Waals surface area contributed by atoms with E-state index in [-0.39, 0.29) is 10.9 Å². The van der Waals surface area contributed by atoms with Gasteiger partial charge in [0.1, 0.15) is 17.7 Å². The largest absolute Gasteiger partial charge is 0.390 e. The molecule has 1 rings (SSSR count). The number of hydrogen-bond acceptors (Lipinski definition) is 3. The van der Waals surface area contributed by atoms with Gasteiger partial charge >= 0.3 is 0 Å². The maximum Gasteiger partial charge on any atom is 0.133 e. The molecule has 0 fully saturated rings. The fourth-order valence-electron chi connectivity index (χ4n) is 1.48. The molecule has 0 spiro atoms. The maximum absolute atomic E-state index is 13.5. The number of aliphatic hydroxyl groups excluding tert-OH is 2. The third-order valence-electron chi connectivity index (χ3n) is 2.39. The monoisotopic (exact) mass is 309 g/mol. The van der Waals surface area contributed by atoms with Gasteiger partial charge < -0.3 is 15.5 Å². The van der Waals surface area contributed by atoms with E-state index in [2.05, 4.69) is 21.2 Å². The SMILES string of the molecule is CNCCC(O)C(O)c1c(F)cc(Br)cc1F. The highest BCUT2D eigenvalue weighted by Crippen LogP contribution is 2.27. The Morgan fingerprint density at radius 2 is 1.82 bits per heavy atom. The van der Waals surface area contributed by atoms with Crippen LogP contribution in [0.25, 0.3) is 0 Å². The predicted octanol–water partition coefficient (Wildman–Crippen LogP) is 1.73. The molecule has 0 bridgehead atoms. The van der Waals surface area contributed by atoms with Gasteiger partial charge in [0.15, 0.2) is 0 Å². The average Bonchev–Trinajstić information content (AvgIpc) is 2.24. The zero-order chi connectivity index (χ0) is 13.0. The van der Waals surface area contributed by atoms with E-state index in [1.54, 1.807) is 7.05 Å². The molecular formula is C11H14BrF2NO2. The van der Waals surface area contributed by atoms with E-state index in [1.165, 1.54) is 0 Å². The highest BCUT2D eigenvalue weighted by Gasteiger charge is 2.25. The zero-order valence-electron chi connectivity index (χ0n) is 9.25. The molecule has 3 N–H and O–H groups in total. The first-order valence-electron chi connectivity index (χ1n) is 5.12. The molecule has 6 heteroatoms. The van der Waals surface area contributed by atoms with Crippen LogP contribution in [-0.4, -0.2) is 29.9 Å². The van der Waals surface area contributed by atoms with Gasteiger partial charge in [-0.05, 0) is 32.1 Å². The molecule has 0 heterocycles. The molecule has 1 aromatic carbocycles. The van der Waals surface area contributed by atoms with Crippen molar-refractivity contribution in [1.82, 2.24) is 5.32 Å². The normalized spacial score (nSPS) is 14.7. The molecule has 3 nitrogen and oxygen atoms in total. The molecule has 2 atom stereocenters. The lowest BCUT2D eigenvalue weighted by atomic mass is 10.0. The molecule has 0 saturated carbocycles. The summed E-state index contributed by atoms with van der Waals surface area (Å²) < 4.78 is 27.2. The van der Waals surface area contributed by atoms with Crippen LogP contribution >= 0.6 is 15.9 Å². The first kappa shape index (κ1) is 14.5. The lowest BCUT2D eigenvalue weighted by Gasteiger charge is -2.19. The van der Waals surface area contributed by atoms with Crippen molar-refractivity contribution < 1.29 is 19.0 Å². The molecule has 0 amide bonds. The van der Waals surface area contributed by atoms with Crippen LogP contribution in [0.4, 0.5) is 8.78 Å². The second kappa shape index (κ2) is 6.39. The summed E-state index contributed by atoms with van der Waals surface area (Å²) >= 11 is 2.94. The van der Waals surface area contributed by atoms with Crippen molar-refractivity contribution in [3.8, 4) is 0 Å². The Morgan fingerprint density at radius 3 is 2.29 bits per heavy atom. The highest BCUT2D eigenvalue weighted by molar-refractivity contribution is 9.10. The second-order valence-corrected chi connectivity index (χ2v) is 4.60. The van der Waals surface area contributed by atoms with Crippen molar-refractivity contribution in [2.75, 3.05) is 13.6 Å². The maximum atomic E-state index is 13.5. The van der Waals surface area contributed by atoms with Crippen molar-refractivity contribution in [3.63, 3.8) is 0 Å². The van der Waals surface area contributed by atoms with Gasteiger partial charge in [0, 0.05) is 4.47 Å². The van der Waals surface area contributed by atoms with E-state index in [9.17, 15) is 19.0 Å². The van der Waals surface area contributed by atoms with E-state index in [0.29, 0.717) is 6.54 Å². The molecule has 0 aliphatic heterocycles. The van der Waals surface area contributed by atoms with Gasteiger partial charge in [-0.25, -0.2) is 8.78 Å². The molecular weight excluding hydrogens is 296 g/mol. The minimum atomic E-state index is -1.57. The molecule has 0 aliphatic carbocycles. The fraction of sp³-hybridized carbons (Fsp3) is 0.455. The third kappa shape index (κ3) is 3.70. The third-order valence-corrected chi connectivity index (χ3v) is 2.85. The summed E-state index contributed by atoms with van der Waals surface area (Å²) in [5.41, 5.74) is -0.503. The van der Waals surface area contributed by atoms with Gasteiger partial charge in [-0.3, -0.25) is 0 Å². The summed E-state index contributed by atoms with van der Waals surface area (Å²) in [4.78, 5) is 0. The van der Waals surface area contributed by atoms with Gasteiger partial charge in [0.25, 0.3) is 0 Å². The van der Waals surface area contributed by atoms with E-state index in [0.717, 1.165) is 12.1 Å². The number of nitrogens with one attached hydrogen (secondary N) is 1. The van der Waals surface area contributed by atoms with Crippen LogP contribution in [-0.2, 0) is 0 Å². The molecule has 0 aliphatic rings. The number of aliphatic hydroxyl groups is 2. The van der Waals surface area contributed by atoms with Gasteiger partial charge in [0.05, 0.1) is 11.7 Å². The molecule has 0 saturated heterocycles. The van der Waals surface area contributed by atoms with Crippen LogP contribution < -0.4 is 5.32 Å². The Bertz CT molecular complexity index is 367. The zero-order valence-corrected chi connectivity index (χ0v) is 10.8. The van der Waals surface area contributed by atoms with E-state index in [4.69, 9.17) is 0 Å². The van der Waals surface area contributed by atoms with Crippen LogP contribution in [0.15, 0.2) is 16.6 Å². The lowest BCUT2D eigenvalue weighted by molar-refractivity contribution is 0.00980. The van der Waals surface area contributed by atoms with Crippen LogP contribution in [0.2, 0.25) is 0 Å². The van der Waals surface area contributed by atoms with Crippen LogP contribution in [0.5, 0.6) is 0 Å². The molecule has 0 aromatic heterocycles. The molecule has 0 radical (unpaired) electrons. The smallest absolute Gasteiger partial charge is 0.133 e. The average molecular weight is 310 g/mol. The second-order valence-electron chi connectivity index (χ2n) is 3.69. The van der Waals surface area contributed by atoms with E-state index >= 15 is 0 Å². The van der Waals surface area contributed by atoms with Crippen molar-refractivity contribution in [2.45, 2.75) is 18.6 Å². The molecule has 1 aromatic rings. The van der Waals surface area contributed by atoms with E-state index < -0.39 is 29.4 Å². The van der Waals surface area contributed by atoms with Gasteiger partial charge in [-0.2, -0.15) is 0 Å². The summed E-state index contributed by atoms with van der Waals surface area (Å²) in [6.07, 6.45) is -2.59. The Hall–Kier alpha value is -0.560. The summed E-state index contributed by atoms with van der Waals surface area (Å²) in [6, 6.07) is 2.10. The first-order valence-corrected chi connectivity index (χ1v) is 5.91. The van der Waals surface area contributed by atoms with Crippen LogP contribution in [0, 0.1) is 11.6 Å². The fourth-order valence-corrected chi connectivity index (χ4v) is 1.88. The summed E-state index contributed by atoms with van der Waals surface area (Å²) in [6.45, 7) is 0.442. The Kier molecular flexibility index (Phi) is 5.45. The standard InChI is InChI=1S/C11H14BrF2NO2/c1-15-3-2-9(16)11(17)10-7(13)4-6(12)5-8(10)14/h4-5,9,11,15-17H,2-3H2,1H3.